The summed E-state index contributed by atoms with van der Waals surface area (Å²) < 4.78 is 37.2. The van der Waals surface area contributed by atoms with E-state index in [1.165, 1.54) is 28.6 Å². The third kappa shape index (κ3) is 3.48. The molecule has 122 valence electrons. The Bertz CT molecular complexity index is 626. The Morgan fingerprint density at radius 2 is 1.95 bits per heavy atom. The molecule has 0 spiro atoms. The van der Waals surface area contributed by atoms with Crippen molar-refractivity contribution in [3.63, 3.8) is 0 Å². The molecule has 0 aromatic heterocycles. The lowest BCUT2D eigenvalue weighted by atomic mass is 10.2. The SMILES string of the molecule is CCOC(=O)c1ccc(S(=O)(=O)N2C[C@H](C)OC[C@H]2C)cc1. The van der Waals surface area contributed by atoms with Crippen molar-refractivity contribution in [2.75, 3.05) is 19.8 Å². The summed E-state index contributed by atoms with van der Waals surface area (Å²) in [5.41, 5.74) is 0.337. The number of esters is 1. The molecule has 1 heterocycles. The molecule has 0 amide bonds. The van der Waals surface area contributed by atoms with E-state index in [9.17, 15) is 13.2 Å². The molecule has 1 saturated heterocycles. The number of morpholine rings is 1. The lowest BCUT2D eigenvalue weighted by Gasteiger charge is -2.35. The third-order valence-electron chi connectivity index (χ3n) is 3.52. The number of hydrogen-bond donors (Lipinski definition) is 0. The number of benzene rings is 1. The Morgan fingerprint density at radius 1 is 1.32 bits per heavy atom. The number of nitrogens with zero attached hydrogens (tertiary/aromatic N) is 1. The maximum atomic E-state index is 12.7. The molecule has 0 N–H and O–H groups in total. The van der Waals surface area contributed by atoms with Crippen LogP contribution in [0.3, 0.4) is 0 Å². The normalized spacial score (nSPS) is 23.2. The largest absolute Gasteiger partial charge is 0.462 e. The van der Waals surface area contributed by atoms with Gasteiger partial charge < -0.3 is 9.47 Å². The third-order valence-corrected chi connectivity index (χ3v) is 5.52. The summed E-state index contributed by atoms with van der Waals surface area (Å²) >= 11 is 0. The number of hydrogen-bond acceptors (Lipinski definition) is 5. The minimum atomic E-state index is -3.60. The zero-order chi connectivity index (χ0) is 16.3. The fraction of sp³-hybridized carbons (Fsp3) is 0.533. The number of carbonyl (C=O) groups is 1. The lowest BCUT2D eigenvalue weighted by Crippen LogP contribution is -2.50. The van der Waals surface area contributed by atoms with Crippen molar-refractivity contribution in [2.45, 2.75) is 37.8 Å². The molecule has 0 bridgehead atoms. The van der Waals surface area contributed by atoms with Gasteiger partial charge in [0.2, 0.25) is 10.0 Å². The molecular weight excluding hydrogens is 306 g/mol. The summed E-state index contributed by atoms with van der Waals surface area (Å²) in [6.07, 6.45) is -0.134. The quantitative estimate of drug-likeness (QED) is 0.787. The second kappa shape index (κ2) is 6.76. The Labute approximate surface area is 131 Å². The molecule has 22 heavy (non-hydrogen) atoms. The van der Waals surface area contributed by atoms with E-state index in [0.717, 1.165) is 0 Å². The highest BCUT2D eigenvalue weighted by Gasteiger charge is 2.34. The van der Waals surface area contributed by atoms with Gasteiger partial charge >= 0.3 is 5.97 Å². The summed E-state index contributed by atoms with van der Waals surface area (Å²) in [5.74, 6) is -0.459. The number of sulfonamides is 1. The van der Waals surface area contributed by atoms with Crippen LogP contribution >= 0.6 is 0 Å². The van der Waals surface area contributed by atoms with Gasteiger partial charge in [-0.05, 0) is 45.0 Å². The predicted molar refractivity (Wildman–Crippen MR) is 81.2 cm³/mol. The molecule has 6 nitrogen and oxygen atoms in total. The van der Waals surface area contributed by atoms with Gasteiger partial charge in [-0.15, -0.1) is 0 Å². The monoisotopic (exact) mass is 327 g/mol. The molecule has 2 rings (SSSR count). The van der Waals surface area contributed by atoms with E-state index < -0.39 is 16.0 Å². The van der Waals surface area contributed by atoms with Crippen LogP contribution in [0, 0.1) is 0 Å². The molecule has 1 aliphatic rings. The van der Waals surface area contributed by atoms with Crippen molar-refractivity contribution in [3.05, 3.63) is 29.8 Å². The highest BCUT2D eigenvalue weighted by atomic mass is 32.2. The molecule has 7 heteroatoms. The van der Waals surface area contributed by atoms with Crippen LogP contribution < -0.4 is 0 Å². The highest BCUT2D eigenvalue weighted by molar-refractivity contribution is 7.89. The van der Waals surface area contributed by atoms with Crippen molar-refractivity contribution in [1.82, 2.24) is 4.31 Å². The first kappa shape index (κ1) is 16.9. The summed E-state index contributed by atoms with van der Waals surface area (Å²) in [6, 6.07) is 5.60. The minimum Gasteiger partial charge on any atom is -0.462 e. The van der Waals surface area contributed by atoms with Gasteiger partial charge in [0.1, 0.15) is 0 Å². The summed E-state index contributed by atoms with van der Waals surface area (Å²) in [4.78, 5) is 11.8. The fourth-order valence-electron chi connectivity index (χ4n) is 2.32. The molecule has 0 unspecified atom stereocenters. The van der Waals surface area contributed by atoms with Crippen LogP contribution in [0.15, 0.2) is 29.2 Å². The number of ether oxygens (including phenoxy) is 2. The van der Waals surface area contributed by atoms with E-state index in [-0.39, 0.29) is 23.6 Å². The second-order valence-electron chi connectivity index (χ2n) is 5.31. The minimum absolute atomic E-state index is 0.134. The van der Waals surface area contributed by atoms with Gasteiger partial charge in [0, 0.05) is 12.6 Å². The number of rotatable bonds is 4. The Morgan fingerprint density at radius 3 is 2.55 bits per heavy atom. The van der Waals surface area contributed by atoms with Gasteiger partial charge in [-0.3, -0.25) is 0 Å². The summed E-state index contributed by atoms with van der Waals surface area (Å²) in [5, 5.41) is 0. The Balaban J connectivity index is 2.24. The molecule has 0 saturated carbocycles. The van der Waals surface area contributed by atoms with Crippen LogP contribution in [0.5, 0.6) is 0 Å². The van der Waals surface area contributed by atoms with Gasteiger partial charge in [-0.2, -0.15) is 4.31 Å². The van der Waals surface area contributed by atoms with E-state index >= 15 is 0 Å². The second-order valence-corrected chi connectivity index (χ2v) is 7.20. The van der Waals surface area contributed by atoms with Crippen molar-refractivity contribution in [1.29, 1.82) is 0 Å². The average Bonchev–Trinajstić information content (AvgIpc) is 2.50. The van der Waals surface area contributed by atoms with Gasteiger partial charge in [0.25, 0.3) is 0 Å². The van der Waals surface area contributed by atoms with E-state index in [0.29, 0.717) is 18.7 Å². The number of carbonyl (C=O) groups excluding carboxylic acids is 1. The van der Waals surface area contributed by atoms with Crippen LogP contribution in [0.4, 0.5) is 0 Å². The standard InChI is InChI=1S/C15H21NO5S/c1-4-20-15(17)13-5-7-14(8-6-13)22(18,19)16-9-12(3)21-10-11(16)2/h5-8,11-12H,4,9-10H2,1-3H3/t11-,12+/m1/s1. The van der Waals surface area contributed by atoms with E-state index in [1.54, 1.807) is 6.92 Å². The van der Waals surface area contributed by atoms with Crippen molar-refractivity contribution in [3.8, 4) is 0 Å². The topological polar surface area (TPSA) is 72.9 Å². The molecular formula is C15H21NO5S. The Hall–Kier alpha value is -1.44. The molecule has 1 fully saturated rings. The first-order chi connectivity index (χ1) is 10.4. The van der Waals surface area contributed by atoms with Gasteiger partial charge in [-0.25, -0.2) is 13.2 Å². The summed E-state index contributed by atoms with van der Waals surface area (Å²) in [6.45, 7) is 6.36. The van der Waals surface area contributed by atoms with E-state index in [1.807, 2.05) is 13.8 Å². The predicted octanol–water partition coefficient (Wildman–Crippen LogP) is 1.66. The highest BCUT2D eigenvalue weighted by Crippen LogP contribution is 2.22. The zero-order valence-electron chi connectivity index (χ0n) is 13.0. The first-order valence-corrected chi connectivity index (χ1v) is 8.71. The van der Waals surface area contributed by atoms with E-state index in [4.69, 9.17) is 9.47 Å². The van der Waals surface area contributed by atoms with Gasteiger partial charge in [0.15, 0.2) is 0 Å². The van der Waals surface area contributed by atoms with Crippen LogP contribution in [0.2, 0.25) is 0 Å². The molecule has 1 aliphatic heterocycles. The zero-order valence-corrected chi connectivity index (χ0v) is 13.8. The van der Waals surface area contributed by atoms with Crippen LogP contribution in [0.25, 0.3) is 0 Å². The van der Waals surface area contributed by atoms with Crippen LogP contribution in [-0.4, -0.2) is 50.6 Å². The maximum absolute atomic E-state index is 12.7. The maximum Gasteiger partial charge on any atom is 0.338 e. The molecule has 0 radical (unpaired) electrons. The molecule has 1 aromatic rings. The fourth-order valence-corrected chi connectivity index (χ4v) is 4.01. The average molecular weight is 327 g/mol. The van der Waals surface area contributed by atoms with Crippen molar-refractivity contribution >= 4 is 16.0 Å². The van der Waals surface area contributed by atoms with Gasteiger partial charge in [-0.1, -0.05) is 0 Å². The van der Waals surface area contributed by atoms with Gasteiger partial charge in [0.05, 0.1) is 29.8 Å². The van der Waals surface area contributed by atoms with Crippen molar-refractivity contribution < 1.29 is 22.7 Å². The van der Waals surface area contributed by atoms with Crippen LogP contribution in [0.1, 0.15) is 31.1 Å². The van der Waals surface area contributed by atoms with Crippen molar-refractivity contribution in [2.24, 2.45) is 0 Å². The molecule has 2 atom stereocenters. The summed E-state index contributed by atoms with van der Waals surface area (Å²) in [7, 11) is -3.60. The Kier molecular flexibility index (Phi) is 5.20. The smallest absolute Gasteiger partial charge is 0.338 e. The van der Waals surface area contributed by atoms with Crippen LogP contribution in [-0.2, 0) is 19.5 Å². The molecule has 0 aliphatic carbocycles. The van der Waals surface area contributed by atoms with E-state index in [2.05, 4.69) is 0 Å². The molecule has 1 aromatic carbocycles. The first-order valence-electron chi connectivity index (χ1n) is 7.27. The lowest BCUT2D eigenvalue weighted by molar-refractivity contribution is -0.0170.